The molecule has 1 heterocycles. The van der Waals surface area contributed by atoms with Gasteiger partial charge in [0.2, 0.25) is 0 Å². The third kappa shape index (κ3) is 2.59. The van der Waals surface area contributed by atoms with Crippen LogP contribution in [0.3, 0.4) is 0 Å². The smallest absolute Gasteiger partial charge is 0.166 e. The van der Waals surface area contributed by atoms with E-state index < -0.39 is 6.10 Å². The Bertz CT molecular complexity index is 779. The Hall–Kier alpha value is -2.99. The van der Waals surface area contributed by atoms with Gasteiger partial charge in [-0.1, -0.05) is 30.3 Å². The van der Waals surface area contributed by atoms with Crippen LogP contribution in [-0.4, -0.2) is 30.3 Å². The van der Waals surface area contributed by atoms with Gasteiger partial charge in [0.05, 0.1) is 5.56 Å². The lowest BCUT2D eigenvalue weighted by Crippen LogP contribution is -2.01. The van der Waals surface area contributed by atoms with E-state index in [0.29, 0.717) is 11.1 Å². The van der Waals surface area contributed by atoms with Crippen molar-refractivity contribution in [3.05, 3.63) is 66.2 Å². The SMILES string of the molecule is Oc1cc(O)c(C(O)c2ccccc2)cc1-c1ncncn1. The number of phenolic OH excluding ortho intramolecular Hbond substituents is 2. The van der Waals surface area contributed by atoms with Gasteiger partial charge in [0, 0.05) is 11.6 Å². The van der Waals surface area contributed by atoms with Crippen LogP contribution < -0.4 is 0 Å². The zero-order valence-corrected chi connectivity index (χ0v) is 11.5. The van der Waals surface area contributed by atoms with Gasteiger partial charge < -0.3 is 15.3 Å². The molecule has 0 amide bonds. The molecule has 6 nitrogen and oxygen atoms in total. The first kappa shape index (κ1) is 14.0. The Morgan fingerprint density at radius 2 is 1.55 bits per heavy atom. The fourth-order valence-electron chi connectivity index (χ4n) is 2.19. The van der Waals surface area contributed by atoms with Crippen LogP contribution in [0.1, 0.15) is 17.2 Å². The van der Waals surface area contributed by atoms with Gasteiger partial charge in [0.1, 0.15) is 30.3 Å². The number of phenols is 2. The molecule has 0 bridgehead atoms. The molecule has 1 atom stereocenters. The maximum Gasteiger partial charge on any atom is 0.166 e. The molecule has 0 aliphatic carbocycles. The van der Waals surface area contributed by atoms with E-state index in [4.69, 9.17) is 0 Å². The van der Waals surface area contributed by atoms with Gasteiger partial charge in [-0.25, -0.2) is 15.0 Å². The number of nitrogens with zero attached hydrogens (tertiary/aromatic N) is 3. The normalized spacial score (nSPS) is 12.0. The van der Waals surface area contributed by atoms with E-state index in [-0.39, 0.29) is 22.9 Å². The van der Waals surface area contributed by atoms with Crippen molar-refractivity contribution in [2.75, 3.05) is 0 Å². The number of hydrogen-bond donors (Lipinski definition) is 3. The zero-order chi connectivity index (χ0) is 15.5. The Balaban J connectivity index is 2.09. The second-order valence-corrected chi connectivity index (χ2v) is 4.70. The maximum absolute atomic E-state index is 10.4. The van der Waals surface area contributed by atoms with Gasteiger partial charge in [0.25, 0.3) is 0 Å². The van der Waals surface area contributed by atoms with Crippen molar-refractivity contribution in [1.29, 1.82) is 0 Å². The average Bonchev–Trinajstić information content (AvgIpc) is 2.56. The summed E-state index contributed by atoms with van der Waals surface area (Å²) in [4.78, 5) is 11.7. The van der Waals surface area contributed by atoms with E-state index in [1.807, 2.05) is 6.07 Å². The molecule has 6 heteroatoms. The Labute approximate surface area is 126 Å². The highest BCUT2D eigenvalue weighted by atomic mass is 16.3. The van der Waals surface area contributed by atoms with Crippen LogP contribution in [0.5, 0.6) is 11.5 Å². The average molecular weight is 295 g/mol. The molecule has 2 aromatic carbocycles. The van der Waals surface area contributed by atoms with Gasteiger partial charge in [-0.05, 0) is 11.6 Å². The number of aliphatic hydroxyl groups excluding tert-OH is 1. The van der Waals surface area contributed by atoms with Crippen LogP contribution in [0, 0.1) is 0 Å². The van der Waals surface area contributed by atoms with Crippen LogP contribution in [-0.2, 0) is 0 Å². The summed E-state index contributed by atoms with van der Waals surface area (Å²) in [5, 5.41) is 30.4. The molecule has 0 spiro atoms. The van der Waals surface area contributed by atoms with E-state index in [0.717, 1.165) is 0 Å². The molecule has 0 radical (unpaired) electrons. The summed E-state index contributed by atoms with van der Waals surface area (Å²) in [6, 6.07) is 11.6. The van der Waals surface area contributed by atoms with Crippen molar-refractivity contribution < 1.29 is 15.3 Å². The van der Waals surface area contributed by atoms with Crippen molar-refractivity contribution in [3.63, 3.8) is 0 Å². The molecule has 0 aliphatic heterocycles. The quantitative estimate of drug-likeness (QED) is 0.683. The molecule has 3 N–H and O–H groups in total. The summed E-state index contributed by atoms with van der Waals surface area (Å²) in [6.45, 7) is 0. The molecule has 0 fully saturated rings. The summed E-state index contributed by atoms with van der Waals surface area (Å²) in [7, 11) is 0. The molecular weight excluding hydrogens is 282 g/mol. The topological polar surface area (TPSA) is 99.4 Å². The summed E-state index contributed by atoms with van der Waals surface area (Å²) < 4.78 is 0. The first-order valence-corrected chi connectivity index (χ1v) is 6.58. The Kier molecular flexibility index (Phi) is 3.67. The van der Waals surface area contributed by atoms with Crippen molar-refractivity contribution in [2.45, 2.75) is 6.10 Å². The molecule has 0 saturated heterocycles. The molecule has 22 heavy (non-hydrogen) atoms. The number of hydrogen-bond acceptors (Lipinski definition) is 6. The zero-order valence-electron chi connectivity index (χ0n) is 11.5. The molecule has 0 aliphatic rings. The number of aliphatic hydroxyl groups is 1. The van der Waals surface area contributed by atoms with Crippen molar-refractivity contribution in [2.24, 2.45) is 0 Å². The number of benzene rings is 2. The Morgan fingerprint density at radius 3 is 2.23 bits per heavy atom. The van der Waals surface area contributed by atoms with E-state index in [2.05, 4.69) is 15.0 Å². The first-order valence-electron chi connectivity index (χ1n) is 6.58. The van der Waals surface area contributed by atoms with Crippen molar-refractivity contribution in [1.82, 2.24) is 15.0 Å². The van der Waals surface area contributed by atoms with Crippen LogP contribution in [0.4, 0.5) is 0 Å². The van der Waals surface area contributed by atoms with Crippen molar-refractivity contribution >= 4 is 0 Å². The van der Waals surface area contributed by atoms with E-state index in [1.165, 1.54) is 24.8 Å². The highest BCUT2D eigenvalue weighted by Crippen LogP contribution is 2.37. The van der Waals surface area contributed by atoms with Gasteiger partial charge in [-0.3, -0.25) is 0 Å². The van der Waals surface area contributed by atoms with Crippen LogP contribution >= 0.6 is 0 Å². The minimum Gasteiger partial charge on any atom is -0.507 e. The number of aromatic nitrogens is 3. The van der Waals surface area contributed by atoms with Crippen LogP contribution in [0.15, 0.2) is 55.1 Å². The number of rotatable bonds is 3. The first-order chi connectivity index (χ1) is 10.7. The van der Waals surface area contributed by atoms with E-state index in [1.54, 1.807) is 24.3 Å². The third-order valence-electron chi connectivity index (χ3n) is 3.29. The Morgan fingerprint density at radius 1 is 0.864 bits per heavy atom. The molecule has 3 aromatic rings. The van der Waals surface area contributed by atoms with E-state index in [9.17, 15) is 15.3 Å². The number of aromatic hydroxyl groups is 2. The van der Waals surface area contributed by atoms with Crippen LogP contribution in [0.25, 0.3) is 11.4 Å². The second kappa shape index (κ2) is 5.79. The molecule has 110 valence electrons. The van der Waals surface area contributed by atoms with Gasteiger partial charge in [0.15, 0.2) is 5.82 Å². The largest absolute Gasteiger partial charge is 0.507 e. The van der Waals surface area contributed by atoms with Gasteiger partial charge in [-0.2, -0.15) is 0 Å². The third-order valence-corrected chi connectivity index (χ3v) is 3.29. The lowest BCUT2D eigenvalue weighted by atomic mass is 9.98. The summed E-state index contributed by atoms with van der Waals surface area (Å²) in [6.07, 6.45) is 1.59. The minimum atomic E-state index is -1.03. The lowest BCUT2D eigenvalue weighted by molar-refractivity contribution is 0.215. The highest BCUT2D eigenvalue weighted by Gasteiger charge is 2.19. The van der Waals surface area contributed by atoms with Crippen LogP contribution in [0.2, 0.25) is 0 Å². The lowest BCUT2D eigenvalue weighted by Gasteiger charge is -2.15. The molecule has 3 rings (SSSR count). The fourth-order valence-corrected chi connectivity index (χ4v) is 2.19. The fraction of sp³-hybridized carbons (Fsp3) is 0.0625. The van der Waals surface area contributed by atoms with Crippen molar-refractivity contribution in [3.8, 4) is 22.9 Å². The summed E-state index contributed by atoms with van der Waals surface area (Å²) in [5.41, 5.74) is 1.20. The monoisotopic (exact) mass is 295 g/mol. The minimum absolute atomic E-state index is 0.173. The second-order valence-electron chi connectivity index (χ2n) is 4.70. The van der Waals surface area contributed by atoms with Gasteiger partial charge >= 0.3 is 0 Å². The summed E-state index contributed by atoms with van der Waals surface area (Å²) >= 11 is 0. The molecular formula is C16H13N3O3. The van der Waals surface area contributed by atoms with Gasteiger partial charge in [-0.15, -0.1) is 0 Å². The predicted molar refractivity (Wildman–Crippen MR) is 79.1 cm³/mol. The summed E-state index contributed by atoms with van der Waals surface area (Å²) in [5.74, 6) is -0.117. The van der Waals surface area contributed by atoms with E-state index >= 15 is 0 Å². The molecule has 1 aromatic heterocycles. The standard InChI is InChI=1S/C16H13N3O3/c20-13-7-14(21)12(16-18-8-17-9-19-16)6-11(13)15(22)10-4-2-1-3-5-10/h1-9,15,20-22H. The predicted octanol–water partition coefficient (Wildman–Crippen LogP) is 2.03. The molecule has 0 saturated carbocycles. The molecule has 1 unspecified atom stereocenters. The highest BCUT2D eigenvalue weighted by molar-refractivity contribution is 5.67. The maximum atomic E-state index is 10.4.